The number of carbonyl (C=O) groups is 1. The van der Waals surface area contributed by atoms with Gasteiger partial charge in [-0.2, -0.15) is 0 Å². The van der Waals surface area contributed by atoms with E-state index in [1.165, 1.54) is 11.8 Å². The smallest absolute Gasteiger partial charge is 0.262 e. The lowest BCUT2D eigenvalue weighted by molar-refractivity contribution is -0.112. The van der Waals surface area contributed by atoms with Crippen molar-refractivity contribution >= 4 is 29.4 Å². The van der Waals surface area contributed by atoms with Crippen LogP contribution in [0, 0.1) is 0 Å². The van der Waals surface area contributed by atoms with Crippen molar-refractivity contribution in [3.8, 4) is 11.5 Å². The Morgan fingerprint density at radius 3 is 2.67 bits per heavy atom. The van der Waals surface area contributed by atoms with Gasteiger partial charge in [0.15, 0.2) is 11.5 Å². The maximum Gasteiger partial charge on any atom is 0.262 e. The molecule has 0 radical (unpaired) electrons. The first kappa shape index (κ1) is 16.5. The molecule has 1 aliphatic rings. The molecule has 2 aromatic carbocycles. The molecule has 2 aromatic rings. The van der Waals surface area contributed by atoms with Crippen LogP contribution in [0.25, 0.3) is 6.08 Å². The van der Waals surface area contributed by atoms with Crippen LogP contribution in [0.15, 0.2) is 52.3 Å². The van der Waals surface area contributed by atoms with Crippen molar-refractivity contribution in [2.45, 2.75) is 24.8 Å². The number of benzene rings is 2. The van der Waals surface area contributed by atoms with E-state index in [2.05, 4.69) is 5.32 Å². The van der Waals surface area contributed by atoms with Crippen LogP contribution in [0.3, 0.4) is 0 Å². The molecular weight excluding hydrogens is 322 g/mol. The highest BCUT2D eigenvalue weighted by molar-refractivity contribution is 8.04. The molecule has 3 rings (SSSR count). The first-order valence-electron chi connectivity index (χ1n) is 7.71. The van der Waals surface area contributed by atoms with Gasteiger partial charge >= 0.3 is 0 Å². The van der Waals surface area contributed by atoms with Crippen molar-refractivity contribution in [3.05, 3.63) is 52.9 Å². The number of para-hydroxylation sites is 1. The van der Waals surface area contributed by atoms with E-state index in [0.29, 0.717) is 16.4 Å². The van der Waals surface area contributed by atoms with Gasteiger partial charge in [0.1, 0.15) is 0 Å². The fraction of sp³-hybridized carbons (Fsp3) is 0.211. The zero-order chi connectivity index (χ0) is 17.1. The SMILES string of the molecule is COc1cc(/C=C2\Sc3ccccc3NC2=O)ccc1OC(C)C. The molecule has 24 heavy (non-hydrogen) atoms. The third-order valence-electron chi connectivity index (χ3n) is 3.43. The predicted octanol–water partition coefficient (Wildman–Crippen LogP) is 4.57. The van der Waals surface area contributed by atoms with Gasteiger partial charge in [-0.1, -0.05) is 30.0 Å². The number of fused-ring (bicyclic) bond motifs is 1. The normalized spacial score (nSPS) is 15.2. The van der Waals surface area contributed by atoms with Gasteiger partial charge in [0.05, 0.1) is 23.8 Å². The molecule has 1 N–H and O–H groups in total. The minimum Gasteiger partial charge on any atom is -0.493 e. The van der Waals surface area contributed by atoms with Gasteiger partial charge < -0.3 is 14.8 Å². The molecule has 1 amide bonds. The minimum absolute atomic E-state index is 0.0688. The quantitative estimate of drug-likeness (QED) is 0.828. The van der Waals surface area contributed by atoms with Crippen LogP contribution in [-0.4, -0.2) is 19.1 Å². The maximum atomic E-state index is 12.3. The number of nitrogens with one attached hydrogen (secondary N) is 1. The molecule has 0 saturated carbocycles. The number of methoxy groups -OCH3 is 1. The van der Waals surface area contributed by atoms with Crippen LogP contribution >= 0.6 is 11.8 Å². The average Bonchev–Trinajstić information content (AvgIpc) is 2.56. The molecule has 0 unspecified atom stereocenters. The summed E-state index contributed by atoms with van der Waals surface area (Å²) in [6, 6.07) is 13.4. The second kappa shape index (κ2) is 7.01. The highest BCUT2D eigenvalue weighted by Crippen LogP contribution is 2.39. The standard InChI is InChI=1S/C19H19NO3S/c1-12(2)23-15-9-8-13(10-16(15)22-3)11-18-19(21)20-14-6-4-5-7-17(14)24-18/h4-12H,1-3H3,(H,20,21)/b18-11-. The van der Waals surface area contributed by atoms with E-state index in [-0.39, 0.29) is 12.0 Å². The molecule has 1 aliphatic heterocycles. The molecule has 0 bridgehead atoms. The summed E-state index contributed by atoms with van der Waals surface area (Å²) < 4.78 is 11.1. The third kappa shape index (κ3) is 3.57. The van der Waals surface area contributed by atoms with Gasteiger partial charge in [0, 0.05) is 4.90 Å². The number of carbonyl (C=O) groups excluding carboxylic acids is 1. The summed E-state index contributed by atoms with van der Waals surface area (Å²) in [5.74, 6) is 1.25. The fourth-order valence-corrected chi connectivity index (χ4v) is 3.33. The number of ether oxygens (including phenoxy) is 2. The molecule has 124 valence electrons. The van der Waals surface area contributed by atoms with Crippen LogP contribution in [0.2, 0.25) is 0 Å². The van der Waals surface area contributed by atoms with Gasteiger partial charge in [0.25, 0.3) is 5.91 Å². The zero-order valence-corrected chi connectivity index (χ0v) is 14.6. The van der Waals surface area contributed by atoms with E-state index in [4.69, 9.17) is 9.47 Å². The highest BCUT2D eigenvalue weighted by atomic mass is 32.2. The average molecular weight is 341 g/mol. The topological polar surface area (TPSA) is 47.6 Å². The molecule has 0 aromatic heterocycles. The summed E-state index contributed by atoms with van der Waals surface area (Å²) in [6.07, 6.45) is 1.93. The number of rotatable bonds is 4. The summed E-state index contributed by atoms with van der Waals surface area (Å²) in [5, 5.41) is 2.91. The van der Waals surface area contributed by atoms with Crippen molar-refractivity contribution in [3.63, 3.8) is 0 Å². The maximum absolute atomic E-state index is 12.3. The van der Waals surface area contributed by atoms with Crippen molar-refractivity contribution < 1.29 is 14.3 Å². The highest BCUT2D eigenvalue weighted by Gasteiger charge is 2.20. The van der Waals surface area contributed by atoms with Crippen LogP contribution in [0.1, 0.15) is 19.4 Å². The lowest BCUT2D eigenvalue weighted by atomic mass is 10.1. The number of anilines is 1. The van der Waals surface area contributed by atoms with Gasteiger partial charge in [-0.25, -0.2) is 0 Å². The van der Waals surface area contributed by atoms with Crippen molar-refractivity contribution in [2.75, 3.05) is 12.4 Å². The Kier molecular flexibility index (Phi) is 4.81. The number of thioether (sulfide) groups is 1. The lowest BCUT2D eigenvalue weighted by Gasteiger charge is -2.18. The Bertz CT molecular complexity index is 799. The third-order valence-corrected chi connectivity index (χ3v) is 4.53. The largest absolute Gasteiger partial charge is 0.493 e. The molecule has 0 saturated heterocycles. The molecule has 0 fully saturated rings. The van der Waals surface area contributed by atoms with E-state index in [9.17, 15) is 4.79 Å². The summed E-state index contributed by atoms with van der Waals surface area (Å²) in [6.45, 7) is 3.94. The fourth-order valence-electron chi connectivity index (χ4n) is 2.38. The van der Waals surface area contributed by atoms with Gasteiger partial charge in [-0.3, -0.25) is 4.79 Å². The molecule has 0 atom stereocenters. The van der Waals surface area contributed by atoms with E-state index in [0.717, 1.165) is 16.1 Å². The number of amides is 1. The molecule has 5 heteroatoms. The molecule has 1 heterocycles. The first-order valence-corrected chi connectivity index (χ1v) is 8.53. The molecule has 4 nitrogen and oxygen atoms in total. The van der Waals surface area contributed by atoms with Crippen molar-refractivity contribution in [1.82, 2.24) is 0 Å². The summed E-state index contributed by atoms with van der Waals surface area (Å²) >= 11 is 1.47. The van der Waals surface area contributed by atoms with Gasteiger partial charge in [0.2, 0.25) is 0 Å². The molecule has 0 aliphatic carbocycles. The summed E-state index contributed by atoms with van der Waals surface area (Å²) in [5.41, 5.74) is 1.74. The second-order valence-electron chi connectivity index (χ2n) is 5.64. The predicted molar refractivity (Wildman–Crippen MR) is 97.7 cm³/mol. The van der Waals surface area contributed by atoms with Crippen molar-refractivity contribution in [1.29, 1.82) is 0 Å². The Hall–Kier alpha value is -2.40. The van der Waals surface area contributed by atoms with Gasteiger partial charge in [-0.05, 0) is 49.8 Å². The zero-order valence-electron chi connectivity index (χ0n) is 13.8. The monoisotopic (exact) mass is 341 g/mol. The van der Waals surface area contributed by atoms with Crippen LogP contribution in [0.4, 0.5) is 5.69 Å². The van der Waals surface area contributed by atoms with E-state index in [1.807, 2.05) is 62.4 Å². The van der Waals surface area contributed by atoms with Crippen LogP contribution in [-0.2, 0) is 4.79 Å². The first-order chi connectivity index (χ1) is 11.6. The Morgan fingerprint density at radius 1 is 1.12 bits per heavy atom. The molecular formula is C19H19NO3S. The van der Waals surface area contributed by atoms with Crippen LogP contribution < -0.4 is 14.8 Å². The summed E-state index contributed by atoms with van der Waals surface area (Å²) in [4.78, 5) is 14.0. The summed E-state index contributed by atoms with van der Waals surface area (Å²) in [7, 11) is 1.61. The van der Waals surface area contributed by atoms with E-state index in [1.54, 1.807) is 7.11 Å². The van der Waals surface area contributed by atoms with Crippen LogP contribution in [0.5, 0.6) is 11.5 Å². The molecule has 0 spiro atoms. The second-order valence-corrected chi connectivity index (χ2v) is 6.72. The number of hydrogen-bond acceptors (Lipinski definition) is 4. The van der Waals surface area contributed by atoms with Gasteiger partial charge in [-0.15, -0.1) is 0 Å². The van der Waals surface area contributed by atoms with E-state index >= 15 is 0 Å². The Balaban J connectivity index is 1.90. The lowest BCUT2D eigenvalue weighted by Crippen LogP contribution is -2.17. The van der Waals surface area contributed by atoms with Crippen molar-refractivity contribution in [2.24, 2.45) is 0 Å². The minimum atomic E-state index is -0.0971. The Labute approximate surface area is 145 Å². The Morgan fingerprint density at radius 2 is 1.92 bits per heavy atom. The van der Waals surface area contributed by atoms with E-state index < -0.39 is 0 Å². The number of hydrogen-bond donors (Lipinski definition) is 1.